The fraction of sp³-hybridized carbons (Fsp3) is 0.667. The van der Waals surface area contributed by atoms with E-state index in [1.165, 1.54) is 18.4 Å². The summed E-state index contributed by atoms with van der Waals surface area (Å²) in [5, 5.41) is 3.76. The standard InChI is InChI=1S/C18H29NO/c1-6-12-19-17-13(3)16(18(17,4)7-2)14-8-10-15(20-5)11-9-14/h8-11,13,16-17,19H,6-7,12H2,1-5H3. The van der Waals surface area contributed by atoms with Crippen molar-refractivity contribution in [3.05, 3.63) is 29.8 Å². The molecule has 4 unspecified atom stereocenters. The van der Waals surface area contributed by atoms with E-state index in [0.717, 1.165) is 12.3 Å². The lowest BCUT2D eigenvalue weighted by atomic mass is 9.48. The second-order valence-corrected chi connectivity index (χ2v) is 6.40. The molecule has 0 saturated heterocycles. The molecule has 1 aliphatic rings. The van der Waals surface area contributed by atoms with Gasteiger partial charge in [-0.1, -0.05) is 39.8 Å². The second-order valence-electron chi connectivity index (χ2n) is 6.40. The van der Waals surface area contributed by atoms with Gasteiger partial charge in [0.1, 0.15) is 5.75 Å². The molecule has 1 N–H and O–H groups in total. The Balaban J connectivity index is 2.18. The van der Waals surface area contributed by atoms with Crippen molar-refractivity contribution in [3.63, 3.8) is 0 Å². The van der Waals surface area contributed by atoms with Crippen LogP contribution in [-0.2, 0) is 0 Å². The minimum absolute atomic E-state index is 0.364. The van der Waals surface area contributed by atoms with Crippen molar-refractivity contribution < 1.29 is 4.74 Å². The van der Waals surface area contributed by atoms with Gasteiger partial charge in [-0.05, 0) is 54.3 Å². The SMILES string of the molecule is CCCNC1C(C)C(c2ccc(OC)cc2)C1(C)CC. The third-order valence-corrected chi connectivity index (χ3v) is 5.32. The predicted octanol–water partition coefficient (Wildman–Crippen LogP) is 4.21. The van der Waals surface area contributed by atoms with Gasteiger partial charge >= 0.3 is 0 Å². The lowest BCUT2D eigenvalue weighted by molar-refractivity contribution is -0.0195. The van der Waals surface area contributed by atoms with Crippen molar-refractivity contribution in [2.75, 3.05) is 13.7 Å². The maximum atomic E-state index is 5.27. The molecule has 2 heteroatoms. The second kappa shape index (κ2) is 6.17. The van der Waals surface area contributed by atoms with Crippen LogP contribution in [0.15, 0.2) is 24.3 Å². The Kier molecular flexibility index (Phi) is 4.74. The summed E-state index contributed by atoms with van der Waals surface area (Å²) < 4.78 is 5.27. The normalized spacial score (nSPS) is 32.8. The monoisotopic (exact) mass is 275 g/mol. The van der Waals surface area contributed by atoms with Gasteiger partial charge in [0.15, 0.2) is 0 Å². The molecule has 2 rings (SSSR count). The molecule has 4 atom stereocenters. The van der Waals surface area contributed by atoms with E-state index in [4.69, 9.17) is 4.74 Å². The summed E-state index contributed by atoms with van der Waals surface area (Å²) in [4.78, 5) is 0. The molecule has 2 nitrogen and oxygen atoms in total. The summed E-state index contributed by atoms with van der Waals surface area (Å²) >= 11 is 0. The Morgan fingerprint density at radius 1 is 1.20 bits per heavy atom. The molecule has 0 aliphatic heterocycles. The van der Waals surface area contributed by atoms with Crippen LogP contribution < -0.4 is 10.1 Å². The first kappa shape index (κ1) is 15.4. The molecule has 1 aliphatic carbocycles. The Morgan fingerprint density at radius 2 is 1.85 bits per heavy atom. The van der Waals surface area contributed by atoms with Gasteiger partial charge in [0.2, 0.25) is 0 Å². The highest BCUT2D eigenvalue weighted by Crippen LogP contribution is 2.58. The third kappa shape index (κ3) is 2.46. The molecule has 0 heterocycles. The van der Waals surface area contributed by atoms with Crippen molar-refractivity contribution in [1.29, 1.82) is 0 Å². The van der Waals surface area contributed by atoms with Crippen molar-refractivity contribution in [2.45, 2.75) is 52.5 Å². The van der Waals surface area contributed by atoms with E-state index in [2.05, 4.69) is 57.3 Å². The number of methoxy groups -OCH3 is 1. The Labute approximate surface area is 123 Å². The summed E-state index contributed by atoms with van der Waals surface area (Å²) in [6, 6.07) is 9.29. The van der Waals surface area contributed by atoms with Gasteiger partial charge in [-0.3, -0.25) is 0 Å². The molecule has 20 heavy (non-hydrogen) atoms. The maximum Gasteiger partial charge on any atom is 0.118 e. The highest BCUT2D eigenvalue weighted by Gasteiger charge is 2.55. The van der Waals surface area contributed by atoms with Crippen LogP contribution in [0.3, 0.4) is 0 Å². The van der Waals surface area contributed by atoms with Crippen LogP contribution in [0, 0.1) is 11.3 Å². The number of hydrogen-bond donors (Lipinski definition) is 1. The number of rotatable bonds is 6. The summed E-state index contributed by atoms with van der Waals surface area (Å²) in [6.45, 7) is 10.5. The Morgan fingerprint density at radius 3 is 2.35 bits per heavy atom. The van der Waals surface area contributed by atoms with Gasteiger partial charge in [-0.25, -0.2) is 0 Å². The summed E-state index contributed by atoms with van der Waals surface area (Å²) in [5.41, 5.74) is 1.82. The minimum Gasteiger partial charge on any atom is -0.497 e. The van der Waals surface area contributed by atoms with Crippen LogP contribution in [-0.4, -0.2) is 19.7 Å². The minimum atomic E-state index is 0.364. The van der Waals surface area contributed by atoms with Gasteiger partial charge in [-0.2, -0.15) is 0 Å². The van der Waals surface area contributed by atoms with Crippen molar-refractivity contribution >= 4 is 0 Å². The fourth-order valence-corrected chi connectivity index (χ4v) is 4.12. The first-order chi connectivity index (χ1) is 9.58. The van der Waals surface area contributed by atoms with Gasteiger partial charge in [0.05, 0.1) is 7.11 Å². The molecule has 0 amide bonds. The van der Waals surface area contributed by atoms with E-state index in [1.807, 2.05) is 0 Å². The van der Waals surface area contributed by atoms with Crippen LogP contribution in [0.2, 0.25) is 0 Å². The van der Waals surface area contributed by atoms with E-state index < -0.39 is 0 Å². The van der Waals surface area contributed by atoms with Gasteiger partial charge < -0.3 is 10.1 Å². The molecule has 1 fully saturated rings. The van der Waals surface area contributed by atoms with Crippen LogP contribution in [0.5, 0.6) is 5.75 Å². The fourth-order valence-electron chi connectivity index (χ4n) is 4.12. The molecule has 1 aromatic rings. The lowest BCUT2D eigenvalue weighted by Gasteiger charge is -2.60. The summed E-state index contributed by atoms with van der Waals surface area (Å²) in [7, 11) is 1.72. The average molecular weight is 275 g/mol. The van der Waals surface area contributed by atoms with Gasteiger partial charge in [-0.15, -0.1) is 0 Å². The summed E-state index contributed by atoms with van der Waals surface area (Å²) in [6.07, 6.45) is 2.42. The molecule has 0 aromatic heterocycles. The van der Waals surface area contributed by atoms with E-state index in [0.29, 0.717) is 23.3 Å². The zero-order valence-corrected chi connectivity index (χ0v) is 13.6. The van der Waals surface area contributed by atoms with Crippen molar-refractivity contribution in [2.24, 2.45) is 11.3 Å². The van der Waals surface area contributed by atoms with Crippen molar-refractivity contribution in [3.8, 4) is 5.75 Å². The summed E-state index contributed by atoms with van der Waals surface area (Å²) in [5.74, 6) is 2.28. The molecule has 0 spiro atoms. The zero-order chi connectivity index (χ0) is 14.8. The maximum absolute atomic E-state index is 5.27. The van der Waals surface area contributed by atoms with Gasteiger partial charge in [0.25, 0.3) is 0 Å². The van der Waals surface area contributed by atoms with E-state index in [1.54, 1.807) is 7.11 Å². The molecule has 1 aromatic carbocycles. The molecular formula is C18H29NO. The highest BCUT2D eigenvalue weighted by atomic mass is 16.5. The molecule has 0 bridgehead atoms. The predicted molar refractivity (Wildman–Crippen MR) is 85.4 cm³/mol. The smallest absolute Gasteiger partial charge is 0.118 e. The van der Waals surface area contributed by atoms with Crippen LogP contribution in [0.25, 0.3) is 0 Å². The average Bonchev–Trinajstić information content (AvgIpc) is 2.48. The quantitative estimate of drug-likeness (QED) is 0.839. The molecular weight excluding hydrogens is 246 g/mol. The van der Waals surface area contributed by atoms with Gasteiger partial charge in [0, 0.05) is 6.04 Å². The lowest BCUT2D eigenvalue weighted by Crippen LogP contribution is -2.62. The van der Waals surface area contributed by atoms with Crippen LogP contribution >= 0.6 is 0 Å². The number of ether oxygens (including phenoxy) is 1. The van der Waals surface area contributed by atoms with E-state index >= 15 is 0 Å². The van der Waals surface area contributed by atoms with Crippen molar-refractivity contribution in [1.82, 2.24) is 5.32 Å². The number of nitrogens with one attached hydrogen (secondary N) is 1. The van der Waals surface area contributed by atoms with Crippen LogP contribution in [0.4, 0.5) is 0 Å². The Hall–Kier alpha value is -1.02. The zero-order valence-electron chi connectivity index (χ0n) is 13.6. The first-order valence-corrected chi connectivity index (χ1v) is 7.95. The van der Waals surface area contributed by atoms with E-state index in [9.17, 15) is 0 Å². The number of benzene rings is 1. The van der Waals surface area contributed by atoms with Crippen LogP contribution in [0.1, 0.15) is 52.0 Å². The van der Waals surface area contributed by atoms with E-state index in [-0.39, 0.29) is 0 Å². The third-order valence-electron chi connectivity index (χ3n) is 5.32. The molecule has 1 saturated carbocycles. The molecule has 0 radical (unpaired) electrons. The topological polar surface area (TPSA) is 21.3 Å². The highest BCUT2D eigenvalue weighted by molar-refractivity contribution is 5.34. The largest absolute Gasteiger partial charge is 0.497 e. The molecule has 112 valence electrons. The first-order valence-electron chi connectivity index (χ1n) is 7.95. The number of hydrogen-bond acceptors (Lipinski definition) is 2. The Bertz CT molecular complexity index is 428.